The number of ether oxygens (including phenoxy) is 1. The molecular formula is C25H26ClN5O2. The van der Waals surface area contributed by atoms with E-state index in [1.54, 1.807) is 13.2 Å². The second-order valence-corrected chi connectivity index (χ2v) is 8.00. The molecule has 8 heteroatoms. The van der Waals surface area contributed by atoms with Crippen LogP contribution < -0.4 is 15.4 Å². The molecule has 0 atom stereocenters. The number of benzene rings is 3. The van der Waals surface area contributed by atoms with Gasteiger partial charge in [-0.05, 0) is 54.8 Å². The standard InChI is InChI=1S/C25H26ClN5O2/c1-16(2)31(11-10-18-8-6-5-7-9-18)23-12-17(3)21(15-24(23)33-4)28-29-25-20(26)13-19(27)14-22(25)30-32/h5-9,12-15H,1,10-11,27H2,2-4H3. The van der Waals surface area contributed by atoms with Crippen LogP contribution in [0.1, 0.15) is 18.1 Å². The number of nitrogens with zero attached hydrogens (tertiary/aromatic N) is 4. The Morgan fingerprint density at radius 2 is 1.85 bits per heavy atom. The molecule has 0 saturated carbocycles. The van der Waals surface area contributed by atoms with Crippen molar-refractivity contribution in [2.45, 2.75) is 20.3 Å². The molecule has 2 N–H and O–H groups in total. The van der Waals surface area contributed by atoms with Crippen molar-refractivity contribution in [2.24, 2.45) is 15.4 Å². The van der Waals surface area contributed by atoms with Gasteiger partial charge in [0.15, 0.2) is 0 Å². The highest BCUT2D eigenvalue weighted by Crippen LogP contribution is 2.41. The zero-order valence-corrected chi connectivity index (χ0v) is 19.6. The molecule has 170 valence electrons. The highest BCUT2D eigenvalue weighted by molar-refractivity contribution is 6.33. The molecule has 7 nitrogen and oxygen atoms in total. The van der Waals surface area contributed by atoms with Crippen molar-refractivity contribution >= 4 is 40.0 Å². The fraction of sp³-hybridized carbons (Fsp3) is 0.200. The summed E-state index contributed by atoms with van der Waals surface area (Å²) in [5, 5.41) is 11.6. The van der Waals surface area contributed by atoms with Crippen LogP contribution in [0.3, 0.4) is 0 Å². The molecule has 0 saturated heterocycles. The number of nitrogen functional groups attached to an aromatic ring is 1. The van der Waals surface area contributed by atoms with Gasteiger partial charge in [0.05, 0.1) is 23.5 Å². The highest BCUT2D eigenvalue weighted by Gasteiger charge is 2.16. The number of methoxy groups -OCH3 is 1. The lowest BCUT2D eigenvalue weighted by Crippen LogP contribution is -2.24. The van der Waals surface area contributed by atoms with Crippen LogP contribution in [0, 0.1) is 11.8 Å². The van der Waals surface area contributed by atoms with Crippen LogP contribution in [-0.2, 0) is 6.42 Å². The topological polar surface area (TPSA) is 92.6 Å². The summed E-state index contributed by atoms with van der Waals surface area (Å²) in [5.41, 5.74) is 10.7. The van der Waals surface area contributed by atoms with E-state index in [9.17, 15) is 4.91 Å². The minimum atomic E-state index is 0.0272. The zero-order chi connectivity index (χ0) is 24.0. The van der Waals surface area contributed by atoms with Gasteiger partial charge in [0.2, 0.25) is 0 Å². The molecule has 0 aliphatic heterocycles. The number of aryl methyl sites for hydroxylation is 1. The number of allylic oxidation sites excluding steroid dienone is 1. The van der Waals surface area contributed by atoms with Gasteiger partial charge in [-0.2, -0.15) is 5.11 Å². The van der Waals surface area contributed by atoms with E-state index in [1.807, 2.05) is 38.1 Å². The predicted molar refractivity (Wildman–Crippen MR) is 136 cm³/mol. The Morgan fingerprint density at radius 3 is 2.48 bits per heavy atom. The van der Waals surface area contributed by atoms with Crippen LogP contribution >= 0.6 is 11.6 Å². The van der Waals surface area contributed by atoms with E-state index in [0.29, 0.717) is 17.1 Å². The summed E-state index contributed by atoms with van der Waals surface area (Å²) in [4.78, 5) is 13.3. The average molecular weight is 464 g/mol. The second-order valence-electron chi connectivity index (χ2n) is 7.59. The molecule has 0 aromatic heterocycles. The first-order chi connectivity index (χ1) is 15.8. The van der Waals surface area contributed by atoms with Crippen molar-refractivity contribution in [3.8, 4) is 5.75 Å². The first-order valence-electron chi connectivity index (χ1n) is 10.3. The Labute approximate surface area is 198 Å². The first-order valence-corrected chi connectivity index (χ1v) is 10.7. The molecule has 3 rings (SSSR count). The Kier molecular flexibility index (Phi) is 7.79. The summed E-state index contributed by atoms with van der Waals surface area (Å²) in [5.74, 6) is 0.628. The number of azo groups is 1. The number of anilines is 2. The van der Waals surface area contributed by atoms with Gasteiger partial charge in [-0.25, -0.2) is 0 Å². The van der Waals surface area contributed by atoms with E-state index in [0.717, 1.165) is 29.9 Å². The van der Waals surface area contributed by atoms with Crippen LogP contribution in [0.25, 0.3) is 0 Å². The minimum absolute atomic E-state index is 0.0272. The Morgan fingerprint density at radius 1 is 1.12 bits per heavy atom. The van der Waals surface area contributed by atoms with Gasteiger partial charge in [-0.3, -0.25) is 0 Å². The first kappa shape index (κ1) is 23.9. The third-order valence-corrected chi connectivity index (χ3v) is 5.43. The van der Waals surface area contributed by atoms with Gasteiger partial charge in [0.1, 0.15) is 17.1 Å². The lowest BCUT2D eigenvalue weighted by atomic mass is 10.1. The third-order valence-electron chi connectivity index (χ3n) is 5.14. The lowest BCUT2D eigenvalue weighted by molar-refractivity contribution is 0.415. The van der Waals surface area contributed by atoms with Crippen molar-refractivity contribution < 1.29 is 4.74 Å². The molecule has 0 radical (unpaired) electrons. The fourth-order valence-corrected chi connectivity index (χ4v) is 3.68. The number of hydrogen-bond donors (Lipinski definition) is 1. The van der Waals surface area contributed by atoms with Gasteiger partial charge >= 0.3 is 0 Å². The van der Waals surface area contributed by atoms with Crippen LogP contribution in [0.5, 0.6) is 5.75 Å². The molecule has 0 amide bonds. The molecule has 0 unspecified atom stereocenters. The number of rotatable bonds is 9. The lowest BCUT2D eigenvalue weighted by Gasteiger charge is -2.27. The van der Waals surface area contributed by atoms with E-state index in [4.69, 9.17) is 22.1 Å². The normalized spacial score (nSPS) is 10.9. The van der Waals surface area contributed by atoms with Crippen molar-refractivity contribution in [2.75, 3.05) is 24.3 Å². The largest absolute Gasteiger partial charge is 0.494 e. The molecule has 0 spiro atoms. The molecule has 3 aromatic carbocycles. The van der Waals surface area contributed by atoms with Crippen molar-refractivity contribution in [1.29, 1.82) is 0 Å². The number of nitroso groups, excluding NO2 is 1. The van der Waals surface area contributed by atoms with E-state index in [-0.39, 0.29) is 16.4 Å². The molecular weight excluding hydrogens is 438 g/mol. The van der Waals surface area contributed by atoms with Crippen molar-refractivity contribution in [3.63, 3.8) is 0 Å². The van der Waals surface area contributed by atoms with Gasteiger partial charge < -0.3 is 15.4 Å². The third kappa shape index (κ3) is 5.75. The Balaban J connectivity index is 1.94. The summed E-state index contributed by atoms with van der Waals surface area (Å²) in [6.07, 6.45) is 0.856. The Hall–Kier alpha value is -3.71. The van der Waals surface area contributed by atoms with Gasteiger partial charge in [0.25, 0.3) is 0 Å². The van der Waals surface area contributed by atoms with E-state index < -0.39 is 0 Å². The van der Waals surface area contributed by atoms with Crippen LogP contribution in [0.2, 0.25) is 5.02 Å². The monoisotopic (exact) mass is 463 g/mol. The fourth-order valence-electron chi connectivity index (χ4n) is 3.42. The molecule has 3 aromatic rings. The van der Waals surface area contributed by atoms with Crippen molar-refractivity contribution in [3.05, 3.63) is 87.9 Å². The molecule has 0 fully saturated rings. The van der Waals surface area contributed by atoms with E-state index in [2.05, 4.69) is 39.0 Å². The molecule has 0 aliphatic carbocycles. The molecule has 33 heavy (non-hydrogen) atoms. The number of hydrogen-bond acceptors (Lipinski definition) is 7. The smallest absolute Gasteiger partial charge is 0.144 e. The van der Waals surface area contributed by atoms with Crippen molar-refractivity contribution in [1.82, 2.24) is 0 Å². The summed E-state index contributed by atoms with van der Waals surface area (Å²) in [7, 11) is 1.61. The minimum Gasteiger partial charge on any atom is -0.494 e. The summed E-state index contributed by atoms with van der Waals surface area (Å²) in [6.45, 7) is 8.78. The average Bonchev–Trinajstić information content (AvgIpc) is 2.79. The summed E-state index contributed by atoms with van der Waals surface area (Å²) >= 11 is 6.19. The maximum Gasteiger partial charge on any atom is 0.144 e. The quantitative estimate of drug-likeness (QED) is 0.200. The number of halogens is 1. The summed E-state index contributed by atoms with van der Waals surface area (Å²) < 4.78 is 5.67. The highest BCUT2D eigenvalue weighted by atomic mass is 35.5. The molecule has 0 aliphatic rings. The maximum absolute atomic E-state index is 11.2. The number of nitrogens with two attached hydrogens (primary N) is 1. The van der Waals surface area contributed by atoms with Gasteiger partial charge in [-0.15, -0.1) is 10.0 Å². The Bertz CT molecular complexity index is 1200. The molecule has 0 heterocycles. The van der Waals surface area contributed by atoms with Gasteiger partial charge in [-0.1, -0.05) is 48.5 Å². The summed E-state index contributed by atoms with van der Waals surface area (Å²) in [6, 6.07) is 17.0. The van der Waals surface area contributed by atoms with Crippen LogP contribution in [-0.4, -0.2) is 13.7 Å². The van der Waals surface area contributed by atoms with Crippen LogP contribution in [0.15, 0.2) is 82.3 Å². The second kappa shape index (κ2) is 10.7. The van der Waals surface area contributed by atoms with Crippen LogP contribution in [0.4, 0.5) is 28.4 Å². The maximum atomic E-state index is 11.2. The molecule has 0 bridgehead atoms. The SMILES string of the molecule is C=C(C)N(CCc1ccccc1)c1cc(C)c(N=Nc2c(Cl)cc(N)cc2N=O)cc1OC. The van der Waals surface area contributed by atoms with E-state index in [1.165, 1.54) is 17.7 Å². The predicted octanol–water partition coefficient (Wildman–Crippen LogP) is 7.64. The van der Waals surface area contributed by atoms with E-state index >= 15 is 0 Å². The zero-order valence-electron chi connectivity index (χ0n) is 18.9. The van der Waals surface area contributed by atoms with Gasteiger partial charge in [0, 0.05) is 24.0 Å².